The van der Waals surface area contributed by atoms with E-state index in [9.17, 15) is 9.59 Å². The number of piperazine rings is 1. The molecule has 2 heterocycles. The minimum absolute atomic E-state index is 0.0939. The molecular formula is C19H19BrN4O3. The largest absolute Gasteiger partial charge is 0.496 e. The molecule has 0 N–H and O–H groups in total. The lowest BCUT2D eigenvalue weighted by Crippen LogP contribution is -2.50. The third kappa shape index (κ3) is 4.71. The van der Waals surface area contributed by atoms with Crippen LogP contribution in [0.1, 0.15) is 16.1 Å². The van der Waals surface area contributed by atoms with Crippen LogP contribution < -0.4 is 4.74 Å². The molecule has 1 saturated heterocycles. The van der Waals surface area contributed by atoms with Gasteiger partial charge in [0.2, 0.25) is 5.91 Å². The van der Waals surface area contributed by atoms with Crippen LogP contribution in [-0.4, -0.2) is 64.9 Å². The van der Waals surface area contributed by atoms with Gasteiger partial charge >= 0.3 is 0 Å². The van der Waals surface area contributed by atoms with E-state index >= 15 is 0 Å². The van der Waals surface area contributed by atoms with Gasteiger partial charge in [0.05, 0.1) is 13.3 Å². The summed E-state index contributed by atoms with van der Waals surface area (Å²) in [6.07, 6.45) is 7.75. The van der Waals surface area contributed by atoms with Gasteiger partial charge in [0.25, 0.3) is 5.91 Å². The van der Waals surface area contributed by atoms with Crippen LogP contribution in [-0.2, 0) is 4.79 Å². The SMILES string of the molecule is COc1ccc(Br)cc1/C=C/C(=O)N1CCN(C(=O)c2cnccn2)CC1. The van der Waals surface area contributed by atoms with Gasteiger partial charge in [-0.2, -0.15) is 0 Å². The highest BCUT2D eigenvalue weighted by molar-refractivity contribution is 9.10. The second-order valence-corrected chi connectivity index (χ2v) is 6.84. The summed E-state index contributed by atoms with van der Waals surface area (Å²) < 4.78 is 6.22. The Morgan fingerprint density at radius 2 is 1.89 bits per heavy atom. The van der Waals surface area contributed by atoms with E-state index in [4.69, 9.17) is 4.74 Å². The smallest absolute Gasteiger partial charge is 0.274 e. The number of carbonyl (C=O) groups excluding carboxylic acids is 2. The van der Waals surface area contributed by atoms with Crippen molar-refractivity contribution in [3.05, 3.63) is 58.6 Å². The Bertz CT molecular complexity index is 849. The highest BCUT2D eigenvalue weighted by Crippen LogP contribution is 2.24. The number of ether oxygens (including phenoxy) is 1. The van der Waals surface area contributed by atoms with Crippen LogP contribution in [0.2, 0.25) is 0 Å². The highest BCUT2D eigenvalue weighted by Gasteiger charge is 2.24. The predicted octanol–water partition coefficient (Wildman–Crippen LogP) is 2.25. The van der Waals surface area contributed by atoms with E-state index in [0.29, 0.717) is 37.6 Å². The molecule has 3 rings (SSSR count). The minimum Gasteiger partial charge on any atom is -0.496 e. The number of hydrogen-bond donors (Lipinski definition) is 0. The summed E-state index contributed by atoms with van der Waals surface area (Å²) in [6.45, 7) is 1.89. The maximum Gasteiger partial charge on any atom is 0.274 e. The molecule has 0 saturated carbocycles. The Morgan fingerprint density at radius 1 is 1.15 bits per heavy atom. The predicted molar refractivity (Wildman–Crippen MR) is 104 cm³/mol. The molecule has 0 unspecified atom stereocenters. The van der Waals surface area contributed by atoms with Crippen LogP contribution in [0.5, 0.6) is 5.75 Å². The first-order valence-corrected chi connectivity index (χ1v) is 9.23. The van der Waals surface area contributed by atoms with Gasteiger partial charge in [-0.25, -0.2) is 4.98 Å². The van der Waals surface area contributed by atoms with Crippen molar-refractivity contribution in [2.24, 2.45) is 0 Å². The molecule has 7 nitrogen and oxygen atoms in total. The lowest BCUT2D eigenvalue weighted by Gasteiger charge is -2.34. The van der Waals surface area contributed by atoms with E-state index in [-0.39, 0.29) is 11.8 Å². The number of hydrogen-bond acceptors (Lipinski definition) is 5. The molecule has 1 fully saturated rings. The summed E-state index contributed by atoms with van der Waals surface area (Å²) in [4.78, 5) is 36.2. The Hall–Kier alpha value is -2.74. The second-order valence-electron chi connectivity index (χ2n) is 5.93. The Morgan fingerprint density at radius 3 is 2.56 bits per heavy atom. The number of rotatable bonds is 4. The summed E-state index contributed by atoms with van der Waals surface area (Å²) in [5.41, 5.74) is 1.13. The summed E-state index contributed by atoms with van der Waals surface area (Å²) in [6, 6.07) is 5.61. The van der Waals surface area contributed by atoms with Crippen LogP contribution in [0.15, 0.2) is 47.3 Å². The lowest BCUT2D eigenvalue weighted by atomic mass is 10.2. The van der Waals surface area contributed by atoms with Crippen molar-refractivity contribution in [1.82, 2.24) is 19.8 Å². The molecule has 1 aliphatic heterocycles. The Kier molecular flexibility index (Phi) is 6.18. The van der Waals surface area contributed by atoms with Gasteiger partial charge in [-0.1, -0.05) is 15.9 Å². The van der Waals surface area contributed by atoms with E-state index in [1.54, 1.807) is 23.0 Å². The molecule has 1 aromatic carbocycles. The van der Waals surface area contributed by atoms with Crippen molar-refractivity contribution in [3.8, 4) is 5.75 Å². The molecule has 2 aromatic rings. The maximum atomic E-state index is 12.5. The summed E-state index contributed by atoms with van der Waals surface area (Å²) in [5.74, 6) is 0.440. The normalized spacial score (nSPS) is 14.4. The van der Waals surface area contributed by atoms with Crippen LogP contribution in [0, 0.1) is 0 Å². The van der Waals surface area contributed by atoms with E-state index in [1.165, 1.54) is 24.7 Å². The molecular weight excluding hydrogens is 412 g/mol. The highest BCUT2D eigenvalue weighted by atomic mass is 79.9. The summed E-state index contributed by atoms with van der Waals surface area (Å²) in [5, 5.41) is 0. The summed E-state index contributed by atoms with van der Waals surface area (Å²) in [7, 11) is 1.59. The monoisotopic (exact) mass is 430 g/mol. The van der Waals surface area contributed by atoms with E-state index in [1.807, 2.05) is 18.2 Å². The van der Waals surface area contributed by atoms with Crippen LogP contribution >= 0.6 is 15.9 Å². The molecule has 8 heteroatoms. The molecule has 0 aliphatic carbocycles. The maximum absolute atomic E-state index is 12.5. The fourth-order valence-electron chi connectivity index (χ4n) is 2.80. The fourth-order valence-corrected chi connectivity index (χ4v) is 3.18. The van der Waals surface area contributed by atoms with E-state index in [2.05, 4.69) is 25.9 Å². The van der Waals surface area contributed by atoms with Gasteiger partial charge in [-0.05, 0) is 24.3 Å². The quantitative estimate of drug-likeness (QED) is 0.695. The second kappa shape index (κ2) is 8.77. The molecule has 0 bridgehead atoms. The van der Waals surface area contributed by atoms with Gasteiger partial charge in [-0.15, -0.1) is 0 Å². The standard InChI is InChI=1S/C19H19BrN4O3/c1-27-17-4-3-15(20)12-14(17)2-5-18(25)23-8-10-24(11-9-23)19(26)16-13-21-6-7-22-16/h2-7,12-13H,8-11H2,1H3/b5-2+. The Balaban J connectivity index is 1.59. The van der Waals surface area contributed by atoms with E-state index < -0.39 is 0 Å². The molecule has 140 valence electrons. The Labute approximate surface area is 165 Å². The molecule has 1 aromatic heterocycles. The average molecular weight is 431 g/mol. The fraction of sp³-hybridized carbons (Fsp3) is 0.263. The molecule has 1 aliphatic rings. The van der Waals surface area contributed by atoms with Crippen molar-refractivity contribution in [3.63, 3.8) is 0 Å². The number of benzene rings is 1. The van der Waals surface area contributed by atoms with Crippen molar-refractivity contribution in [2.45, 2.75) is 0 Å². The summed E-state index contributed by atoms with van der Waals surface area (Å²) >= 11 is 3.42. The van der Waals surface area contributed by atoms with Crippen LogP contribution in [0.3, 0.4) is 0 Å². The van der Waals surface area contributed by atoms with Crippen molar-refractivity contribution in [1.29, 1.82) is 0 Å². The van der Waals surface area contributed by atoms with Gasteiger partial charge in [0.15, 0.2) is 0 Å². The molecule has 2 amide bonds. The first-order valence-electron chi connectivity index (χ1n) is 8.44. The molecule has 0 spiro atoms. The number of nitrogens with zero attached hydrogens (tertiary/aromatic N) is 4. The third-order valence-corrected chi connectivity index (χ3v) is 4.75. The molecule has 27 heavy (non-hydrogen) atoms. The van der Waals surface area contributed by atoms with Gasteiger partial charge in [0, 0.05) is 54.7 Å². The lowest BCUT2D eigenvalue weighted by molar-refractivity contribution is -0.127. The van der Waals surface area contributed by atoms with Crippen LogP contribution in [0.4, 0.5) is 0 Å². The minimum atomic E-state index is -0.162. The van der Waals surface area contributed by atoms with Crippen molar-refractivity contribution < 1.29 is 14.3 Å². The van der Waals surface area contributed by atoms with Crippen LogP contribution in [0.25, 0.3) is 6.08 Å². The number of carbonyl (C=O) groups is 2. The number of aromatic nitrogens is 2. The number of amides is 2. The van der Waals surface area contributed by atoms with Gasteiger partial charge in [-0.3, -0.25) is 14.6 Å². The van der Waals surface area contributed by atoms with Gasteiger partial charge in [0.1, 0.15) is 11.4 Å². The molecule has 0 radical (unpaired) electrons. The number of methoxy groups -OCH3 is 1. The van der Waals surface area contributed by atoms with Crippen molar-refractivity contribution >= 4 is 33.8 Å². The van der Waals surface area contributed by atoms with Gasteiger partial charge < -0.3 is 14.5 Å². The number of halogens is 1. The zero-order chi connectivity index (χ0) is 19.2. The van der Waals surface area contributed by atoms with E-state index in [0.717, 1.165) is 10.0 Å². The zero-order valence-corrected chi connectivity index (χ0v) is 16.4. The first kappa shape index (κ1) is 19.0. The topological polar surface area (TPSA) is 75.6 Å². The third-order valence-electron chi connectivity index (χ3n) is 4.26. The molecule has 0 atom stereocenters. The zero-order valence-electron chi connectivity index (χ0n) is 14.8. The average Bonchev–Trinajstić information content (AvgIpc) is 2.72. The van der Waals surface area contributed by atoms with Crippen molar-refractivity contribution in [2.75, 3.05) is 33.3 Å². The first-order chi connectivity index (χ1) is 13.1.